The first-order valence-electron chi connectivity index (χ1n) is 4.31. The van der Waals surface area contributed by atoms with Crippen molar-refractivity contribution in [1.82, 2.24) is 5.32 Å². The number of hydrogen-bond donors (Lipinski definition) is 2. The number of nitriles is 1. The second kappa shape index (κ2) is 5.99. The Kier molecular flexibility index (Phi) is 5.69. The van der Waals surface area contributed by atoms with Crippen molar-refractivity contribution in [1.29, 1.82) is 5.26 Å². The van der Waals surface area contributed by atoms with Crippen LogP contribution in [0.25, 0.3) is 0 Å². The van der Waals surface area contributed by atoms with E-state index >= 15 is 0 Å². The van der Waals surface area contributed by atoms with Crippen LogP contribution in [-0.4, -0.2) is 24.8 Å². The fourth-order valence-electron chi connectivity index (χ4n) is 0.962. The first kappa shape index (κ1) is 11.4. The van der Waals surface area contributed by atoms with Crippen molar-refractivity contribution in [3.63, 3.8) is 0 Å². The molecule has 0 saturated carbocycles. The molecule has 12 heavy (non-hydrogen) atoms. The van der Waals surface area contributed by atoms with Crippen LogP contribution in [0, 0.1) is 16.7 Å². The number of aliphatic hydroxyl groups is 1. The molecule has 0 aliphatic heterocycles. The number of nitrogens with one attached hydrogen (secondary N) is 1. The molecule has 2 N–H and O–H groups in total. The van der Waals surface area contributed by atoms with Gasteiger partial charge in [-0.15, -0.1) is 0 Å². The zero-order valence-electron chi connectivity index (χ0n) is 7.93. The minimum Gasteiger partial charge on any atom is -0.396 e. The lowest BCUT2D eigenvalue weighted by Gasteiger charge is -2.23. The van der Waals surface area contributed by atoms with E-state index in [1.165, 1.54) is 0 Å². The Morgan fingerprint density at radius 1 is 1.50 bits per heavy atom. The molecule has 0 saturated heterocycles. The van der Waals surface area contributed by atoms with E-state index in [4.69, 9.17) is 10.4 Å². The van der Waals surface area contributed by atoms with Gasteiger partial charge in [0.1, 0.15) is 0 Å². The van der Waals surface area contributed by atoms with Gasteiger partial charge in [-0.05, 0) is 11.8 Å². The van der Waals surface area contributed by atoms with Crippen LogP contribution in [0.5, 0.6) is 0 Å². The summed E-state index contributed by atoms with van der Waals surface area (Å²) in [6, 6.07) is 2.07. The average Bonchev–Trinajstić information content (AvgIpc) is 1.98. The van der Waals surface area contributed by atoms with Gasteiger partial charge in [-0.3, -0.25) is 0 Å². The summed E-state index contributed by atoms with van der Waals surface area (Å²) in [6.07, 6.45) is 1.35. The number of aliphatic hydroxyl groups excluding tert-OH is 1. The van der Waals surface area contributed by atoms with E-state index in [1.807, 2.05) is 0 Å². The van der Waals surface area contributed by atoms with Crippen LogP contribution in [0.3, 0.4) is 0 Å². The standard InChI is InChI=1S/C9H18N2O/c1-9(2,4-7-12)8-11-6-3-5-10/h11-12H,3-4,6-8H2,1-2H3. The van der Waals surface area contributed by atoms with Gasteiger partial charge in [0.15, 0.2) is 0 Å². The molecule has 0 aromatic carbocycles. The lowest BCUT2D eigenvalue weighted by molar-refractivity contribution is 0.207. The van der Waals surface area contributed by atoms with Crippen LogP contribution in [0.1, 0.15) is 26.7 Å². The molecule has 3 heteroatoms. The molecule has 70 valence electrons. The molecule has 0 heterocycles. The van der Waals surface area contributed by atoms with Gasteiger partial charge in [0.2, 0.25) is 0 Å². The molecule has 0 atom stereocenters. The van der Waals surface area contributed by atoms with E-state index in [1.54, 1.807) is 0 Å². The normalized spacial score (nSPS) is 11.2. The number of nitrogens with zero attached hydrogens (tertiary/aromatic N) is 1. The largest absolute Gasteiger partial charge is 0.396 e. The quantitative estimate of drug-likeness (QED) is 0.582. The minimum absolute atomic E-state index is 0.129. The molecule has 0 aliphatic carbocycles. The van der Waals surface area contributed by atoms with Crippen LogP contribution < -0.4 is 5.32 Å². The Bertz CT molecular complexity index is 149. The maximum atomic E-state index is 8.72. The summed E-state index contributed by atoms with van der Waals surface area (Å²) in [6.45, 7) is 6.03. The summed E-state index contributed by atoms with van der Waals surface area (Å²) in [5.74, 6) is 0. The summed E-state index contributed by atoms with van der Waals surface area (Å²) in [5, 5.41) is 20.2. The Hall–Kier alpha value is -0.590. The third kappa shape index (κ3) is 6.14. The van der Waals surface area contributed by atoms with E-state index in [0.717, 1.165) is 19.5 Å². The summed E-state index contributed by atoms with van der Waals surface area (Å²) in [4.78, 5) is 0. The first-order chi connectivity index (χ1) is 5.62. The van der Waals surface area contributed by atoms with Crippen LogP contribution in [0.15, 0.2) is 0 Å². The highest BCUT2D eigenvalue weighted by atomic mass is 16.3. The summed E-state index contributed by atoms with van der Waals surface area (Å²) < 4.78 is 0. The molecule has 0 radical (unpaired) electrons. The fourth-order valence-corrected chi connectivity index (χ4v) is 0.962. The van der Waals surface area contributed by atoms with E-state index in [9.17, 15) is 0 Å². The van der Waals surface area contributed by atoms with E-state index in [2.05, 4.69) is 25.2 Å². The summed E-state index contributed by atoms with van der Waals surface area (Å²) in [5.41, 5.74) is 0.129. The Morgan fingerprint density at radius 2 is 2.17 bits per heavy atom. The smallest absolute Gasteiger partial charge is 0.0635 e. The Balaban J connectivity index is 3.41. The third-order valence-electron chi connectivity index (χ3n) is 1.81. The maximum Gasteiger partial charge on any atom is 0.0635 e. The molecule has 0 fully saturated rings. The van der Waals surface area contributed by atoms with Crippen molar-refractivity contribution in [2.24, 2.45) is 5.41 Å². The second-order valence-corrected chi connectivity index (χ2v) is 3.72. The van der Waals surface area contributed by atoms with Crippen LogP contribution in [-0.2, 0) is 0 Å². The number of rotatable bonds is 6. The van der Waals surface area contributed by atoms with Gasteiger partial charge in [-0.2, -0.15) is 5.26 Å². The zero-order valence-corrected chi connectivity index (χ0v) is 7.93. The second-order valence-electron chi connectivity index (χ2n) is 3.72. The number of hydrogen-bond acceptors (Lipinski definition) is 3. The van der Waals surface area contributed by atoms with Crippen molar-refractivity contribution in [2.45, 2.75) is 26.7 Å². The molecule has 0 amide bonds. The van der Waals surface area contributed by atoms with Crippen LogP contribution in [0.2, 0.25) is 0 Å². The SMILES string of the molecule is CC(C)(CCO)CNCCC#N. The maximum absolute atomic E-state index is 8.72. The molecule has 3 nitrogen and oxygen atoms in total. The summed E-state index contributed by atoms with van der Waals surface area (Å²) >= 11 is 0. The Morgan fingerprint density at radius 3 is 2.67 bits per heavy atom. The zero-order chi connectivity index (χ0) is 9.45. The average molecular weight is 170 g/mol. The Labute approximate surface area is 74.4 Å². The van der Waals surface area contributed by atoms with Crippen molar-refractivity contribution in [2.75, 3.05) is 19.7 Å². The van der Waals surface area contributed by atoms with Crippen LogP contribution >= 0.6 is 0 Å². The van der Waals surface area contributed by atoms with Gasteiger partial charge in [0.25, 0.3) is 0 Å². The lowest BCUT2D eigenvalue weighted by atomic mass is 9.90. The highest BCUT2D eigenvalue weighted by Crippen LogP contribution is 2.17. The molecule has 0 bridgehead atoms. The molecule has 0 aliphatic rings. The van der Waals surface area contributed by atoms with Crippen molar-refractivity contribution < 1.29 is 5.11 Å². The van der Waals surface area contributed by atoms with Gasteiger partial charge in [-0.25, -0.2) is 0 Å². The van der Waals surface area contributed by atoms with Crippen molar-refractivity contribution in [3.8, 4) is 6.07 Å². The monoisotopic (exact) mass is 170 g/mol. The minimum atomic E-state index is 0.129. The molecule has 0 aromatic rings. The van der Waals surface area contributed by atoms with Gasteiger partial charge in [0.05, 0.1) is 6.07 Å². The third-order valence-corrected chi connectivity index (χ3v) is 1.81. The first-order valence-corrected chi connectivity index (χ1v) is 4.31. The van der Waals surface area contributed by atoms with E-state index < -0.39 is 0 Å². The van der Waals surface area contributed by atoms with Gasteiger partial charge >= 0.3 is 0 Å². The van der Waals surface area contributed by atoms with Crippen molar-refractivity contribution >= 4 is 0 Å². The van der Waals surface area contributed by atoms with Gasteiger partial charge < -0.3 is 10.4 Å². The predicted octanol–water partition coefficient (Wildman–Crippen LogP) is 0.898. The van der Waals surface area contributed by atoms with Gasteiger partial charge in [0, 0.05) is 26.1 Å². The van der Waals surface area contributed by atoms with Crippen molar-refractivity contribution in [3.05, 3.63) is 0 Å². The summed E-state index contributed by atoms with van der Waals surface area (Å²) in [7, 11) is 0. The van der Waals surface area contributed by atoms with Gasteiger partial charge in [-0.1, -0.05) is 13.8 Å². The molecule has 0 spiro atoms. The molecule has 0 aromatic heterocycles. The highest BCUT2D eigenvalue weighted by Gasteiger charge is 2.15. The molecular weight excluding hydrogens is 152 g/mol. The highest BCUT2D eigenvalue weighted by molar-refractivity contribution is 4.74. The lowest BCUT2D eigenvalue weighted by Crippen LogP contribution is -2.30. The predicted molar refractivity (Wildman–Crippen MR) is 48.6 cm³/mol. The molecule has 0 rings (SSSR count). The van der Waals surface area contributed by atoms with E-state index in [-0.39, 0.29) is 12.0 Å². The van der Waals surface area contributed by atoms with E-state index in [0.29, 0.717) is 6.42 Å². The molecular formula is C9H18N2O. The molecule has 0 unspecified atom stereocenters. The topological polar surface area (TPSA) is 56.0 Å². The fraction of sp³-hybridized carbons (Fsp3) is 0.889. The van der Waals surface area contributed by atoms with Crippen LogP contribution in [0.4, 0.5) is 0 Å².